The Balaban J connectivity index is 2.76. The average Bonchev–Trinajstić information content (AvgIpc) is 2.39. The summed E-state index contributed by atoms with van der Waals surface area (Å²) in [6, 6.07) is 0.422. The minimum atomic E-state index is -4.63. The molecule has 1 aromatic rings. The van der Waals surface area contributed by atoms with E-state index >= 15 is 0 Å². The fourth-order valence-corrected chi connectivity index (χ4v) is 1.51. The maximum Gasteiger partial charge on any atom is 0.417 e. The molecule has 0 bridgehead atoms. The van der Waals surface area contributed by atoms with Crippen LogP contribution >= 0.6 is 0 Å². The van der Waals surface area contributed by atoms with E-state index in [0.29, 0.717) is 23.3 Å². The molecule has 0 radical (unpaired) electrons. The lowest BCUT2D eigenvalue weighted by molar-refractivity contribution is -0.138. The molecule has 0 saturated carbocycles. The van der Waals surface area contributed by atoms with Gasteiger partial charge in [0.05, 0.1) is 5.56 Å². The van der Waals surface area contributed by atoms with Crippen LogP contribution in [0, 0.1) is 0 Å². The second-order valence-electron chi connectivity index (χ2n) is 4.71. The molecule has 0 aliphatic carbocycles. The van der Waals surface area contributed by atoms with Gasteiger partial charge >= 0.3 is 12.2 Å². The monoisotopic (exact) mass is 319 g/mol. The molecule has 0 aliphatic heterocycles. The summed E-state index contributed by atoms with van der Waals surface area (Å²) in [7, 11) is 0. The van der Waals surface area contributed by atoms with Gasteiger partial charge in [-0.2, -0.15) is 13.2 Å². The van der Waals surface area contributed by atoms with Crippen molar-refractivity contribution in [2.45, 2.75) is 39.0 Å². The first-order chi connectivity index (χ1) is 10.1. The molecule has 3 amide bonds. The number of nitrogens with zero attached hydrogens (tertiary/aromatic N) is 1. The molecule has 0 fully saturated rings. The van der Waals surface area contributed by atoms with Gasteiger partial charge in [-0.3, -0.25) is 14.9 Å². The third-order valence-corrected chi connectivity index (χ3v) is 2.87. The number of hydrogen-bond donors (Lipinski definition) is 2. The number of amides is 3. The zero-order valence-corrected chi connectivity index (χ0v) is 12.0. The van der Waals surface area contributed by atoms with Gasteiger partial charge in [-0.05, 0) is 19.4 Å². The van der Waals surface area contributed by atoms with Crippen molar-refractivity contribution in [3.8, 4) is 0 Å². The SMILES string of the molecule is CC[C@H](C)NC(=O)NC(=O)Cn1cc(C(F)(F)F)ccc1=O. The molecular weight excluding hydrogens is 303 g/mol. The van der Waals surface area contributed by atoms with E-state index < -0.39 is 35.8 Å². The fourth-order valence-electron chi connectivity index (χ4n) is 1.51. The van der Waals surface area contributed by atoms with Gasteiger partial charge in [-0.1, -0.05) is 6.92 Å². The van der Waals surface area contributed by atoms with Gasteiger partial charge < -0.3 is 9.88 Å². The highest BCUT2D eigenvalue weighted by Gasteiger charge is 2.31. The Morgan fingerprint density at radius 1 is 1.32 bits per heavy atom. The molecule has 1 heterocycles. The van der Waals surface area contributed by atoms with Gasteiger partial charge in [0.2, 0.25) is 5.91 Å². The number of imide groups is 1. The number of rotatable bonds is 4. The molecule has 0 aromatic carbocycles. The largest absolute Gasteiger partial charge is 0.417 e. The zero-order valence-electron chi connectivity index (χ0n) is 12.0. The third kappa shape index (κ3) is 5.23. The summed E-state index contributed by atoms with van der Waals surface area (Å²) in [5, 5.41) is 4.41. The highest BCUT2D eigenvalue weighted by Crippen LogP contribution is 2.27. The maximum atomic E-state index is 12.5. The van der Waals surface area contributed by atoms with Gasteiger partial charge in [-0.25, -0.2) is 4.79 Å². The second-order valence-corrected chi connectivity index (χ2v) is 4.71. The van der Waals surface area contributed by atoms with Crippen molar-refractivity contribution in [2.75, 3.05) is 0 Å². The van der Waals surface area contributed by atoms with E-state index in [-0.39, 0.29) is 6.04 Å². The molecule has 1 rings (SSSR count). The molecule has 0 saturated heterocycles. The number of hydrogen-bond acceptors (Lipinski definition) is 3. The van der Waals surface area contributed by atoms with Crippen LogP contribution in [0.5, 0.6) is 0 Å². The first kappa shape index (κ1) is 17.7. The molecular formula is C13H16F3N3O3. The van der Waals surface area contributed by atoms with Crippen molar-refractivity contribution < 1.29 is 22.8 Å². The van der Waals surface area contributed by atoms with Crippen molar-refractivity contribution in [2.24, 2.45) is 0 Å². The number of urea groups is 1. The highest BCUT2D eigenvalue weighted by atomic mass is 19.4. The summed E-state index contributed by atoms with van der Waals surface area (Å²) in [6.07, 6.45) is -3.44. The molecule has 9 heteroatoms. The normalized spacial score (nSPS) is 12.6. The molecule has 2 N–H and O–H groups in total. The van der Waals surface area contributed by atoms with E-state index in [2.05, 4.69) is 5.32 Å². The number of carbonyl (C=O) groups is 2. The van der Waals surface area contributed by atoms with Crippen LogP contribution in [0.4, 0.5) is 18.0 Å². The van der Waals surface area contributed by atoms with Crippen LogP contribution in [-0.2, 0) is 17.5 Å². The van der Waals surface area contributed by atoms with Crippen LogP contribution in [0.1, 0.15) is 25.8 Å². The van der Waals surface area contributed by atoms with Gasteiger partial charge in [0, 0.05) is 18.3 Å². The molecule has 0 aliphatic rings. The number of carbonyl (C=O) groups excluding carboxylic acids is 2. The van der Waals surface area contributed by atoms with E-state index in [1.54, 1.807) is 6.92 Å². The Kier molecular flexibility index (Phi) is 5.72. The lowest BCUT2D eigenvalue weighted by atomic mass is 10.2. The van der Waals surface area contributed by atoms with E-state index in [4.69, 9.17) is 0 Å². The molecule has 0 unspecified atom stereocenters. The average molecular weight is 319 g/mol. The molecule has 1 aromatic heterocycles. The van der Waals surface area contributed by atoms with Crippen molar-refractivity contribution >= 4 is 11.9 Å². The van der Waals surface area contributed by atoms with Gasteiger partial charge in [0.25, 0.3) is 5.56 Å². The van der Waals surface area contributed by atoms with Crippen LogP contribution in [0.3, 0.4) is 0 Å². The molecule has 6 nitrogen and oxygen atoms in total. The van der Waals surface area contributed by atoms with Crippen molar-refractivity contribution in [1.82, 2.24) is 15.2 Å². The Labute approximate surface area is 124 Å². The second kappa shape index (κ2) is 7.10. The van der Waals surface area contributed by atoms with Crippen LogP contribution in [0.15, 0.2) is 23.1 Å². The summed E-state index contributed by atoms with van der Waals surface area (Å²) in [5.74, 6) is -0.887. The summed E-state index contributed by atoms with van der Waals surface area (Å²) in [4.78, 5) is 34.5. The first-order valence-electron chi connectivity index (χ1n) is 6.51. The van der Waals surface area contributed by atoms with Crippen LogP contribution < -0.4 is 16.2 Å². The maximum absolute atomic E-state index is 12.5. The minimum Gasteiger partial charge on any atom is -0.335 e. The van der Waals surface area contributed by atoms with E-state index in [9.17, 15) is 27.6 Å². The van der Waals surface area contributed by atoms with E-state index in [1.165, 1.54) is 0 Å². The Bertz CT molecular complexity index is 611. The van der Waals surface area contributed by atoms with Gasteiger partial charge in [0.1, 0.15) is 6.54 Å². The van der Waals surface area contributed by atoms with Crippen molar-refractivity contribution in [3.63, 3.8) is 0 Å². The number of halogens is 3. The zero-order chi connectivity index (χ0) is 16.9. The predicted octanol–water partition coefficient (Wildman–Crippen LogP) is 1.49. The minimum absolute atomic E-state index is 0.163. The van der Waals surface area contributed by atoms with Crippen LogP contribution in [0.2, 0.25) is 0 Å². The first-order valence-corrected chi connectivity index (χ1v) is 6.51. The summed E-state index contributed by atoms with van der Waals surface area (Å²) in [6.45, 7) is 2.87. The van der Waals surface area contributed by atoms with Crippen molar-refractivity contribution in [3.05, 3.63) is 34.2 Å². The number of nitrogens with one attached hydrogen (secondary N) is 2. The predicted molar refractivity (Wildman–Crippen MR) is 72.1 cm³/mol. The summed E-state index contributed by atoms with van der Waals surface area (Å²) < 4.78 is 38.2. The number of alkyl halides is 3. The number of aromatic nitrogens is 1. The summed E-state index contributed by atoms with van der Waals surface area (Å²) >= 11 is 0. The van der Waals surface area contributed by atoms with Gasteiger partial charge in [0.15, 0.2) is 0 Å². The smallest absolute Gasteiger partial charge is 0.335 e. The highest BCUT2D eigenvalue weighted by molar-refractivity contribution is 5.94. The molecule has 122 valence electrons. The van der Waals surface area contributed by atoms with Crippen LogP contribution in [0.25, 0.3) is 0 Å². The lowest BCUT2D eigenvalue weighted by Gasteiger charge is -2.13. The van der Waals surface area contributed by atoms with Gasteiger partial charge in [-0.15, -0.1) is 0 Å². The lowest BCUT2D eigenvalue weighted by Crippen LogP contribution is -2.45. The number of pyridine rings is 1. The molecule has 22 heavy (non-hydrogen) atoms. The Morgan fingerprint density at radius 3 is 2.50 bits per heavy atom. The quantitative estimate of drug-likeness (QED) is 0.882. The Morgan fingerprint density at radius 2 is 1.95 bits per heavy atom. The molecule has 0 spiro atoms. The third-order valence-electron chi connectivity index (χ3n) is 2.87. The van der Waals surface area contributed by atoms with Crippen molar-refractivity contribution in [1.29, 1.82) is 0 Å². The van der Waals surface area contributed by atoms with E-state index in [1.807, 2.05) is 12.2 Å². The fraction of sp³-hybridized carbons (Fsp3) is 0.462. The molecule has 1 atom stereocenters. The standard InChI is InChI=1S/C13H16F3N3O3/c1-3-8(2)17-12(22)18-10(20)7-19-6-9(13(14,15)16)4-5-11(19)21/h4-6,8H,3,7H2,1-2H3,(H2,17,18,20,22)/t8-/m0/s1. The summed E-state index contributed by atoms with van der Waals surface area (Å²) in [5.41, 5.74) is -1.82. The van der Waals surface area contributed by atoms with Crippen LogP contribution in [-0.4, -0.2) is 22.5 Å². The van der Waals surface area contributed by atoms with E-state index in [0.717, 1.165) is 6.07 Å². The topological polar surface area (TPSA) is 80.2 Å². The Hall–Kier alpha value is -2.32.